The molecule has 0 unspecified atom stereocenters. The van der Waals surface area contributed by atoms with Gasteiger partial charge in [-0.25, -0.2) is 0 Å². The van der Waals surface area contributed by atoms with Crippen LogP contribution in [0.3, 0.4) is 0 Å². The molecule has 1 heterocycles. The molecule has 5 heteroatoms. The first-order valence-corrected chi connectivity index (χ1v) is 5.62. The summed E-state index contributed by atoms with van der Waals surface area (Å²) in [6, 6.07) is 7.45. The van der Waals surface area contributed by atoms with Crippen LogP contribution in [0.4, 0.5) is 5.69 Å². The maximum absolute atomic E-state index is 11.7. The Balaban J connectivity index is 2.11. The molecular weight excluding hydrogens is 220 g/mol. The van der Waals surface area contributed by atoms with Crippen LogP contribution in [0.15, 0.2) is 24.3 Å². The Morgan fingerprint density at radius 1 is 1.47 bits per heavy atom. The standard InChI is InChI=1S/C12H16N2O3/c13-4-6-17-11-3-1-2-10(8-11)14-5-7-16-9-12(14)15/h1-3,8H,4-7,9,13H2. The van der Waals surface area contributed by atoms with E-state index >= 15 is 0 Å². The number of benzene rings is 1. The molecule has 1 saturated heterocycles. The summed E-state index contributed by atoms with van der Waals surface area (Å²) < 4.78 is 10.5. The minimum Gasteiger partial charge on any atom is -0.492 e. The Morgan fingerprint density at radius 3 is 3.12 bits per heavy atom. The zero-order valence-corrected chi connectivity index (χ0v) is 9.59. The quantitative estimate of drug-likeness (QED) is 0.821. The largest absolute Gasteiger partial charge is 0.492 e. The van der Waals surface area contributed by atoms with Crippen LogP contribution in [0.5, 0.6) is 5.75 Å². The van der Waals surface area contributed by atoms with E-state index < -0.39 is 0 Å². The fourth-order valence-corrected chi connectivity index (χ4v) is 1.71. The SMILES string of the molecule is NCCOc1cccc(N2CCOCC2=O)c1. The van der Waals surface area contributed by atoms with Crippen molar-refractivity contribution in [2.45, 2.75) is 0 Å². The van der Waals surface area contributed by atoms with E-state index in [1.807, 2.05) is 24.3 Å². The number of anilines is 1. The Kier molecular flexibility index (Phi) is 3.95. The van der Waals surface area contributed by atoms with E-state index in [4.69, 9.17) is 15.2 Å². The summed E-state index contributed by atoms with van der Waals surface area (Å²) in [4.78, 5) is 13.4. The van der Waals surface area contributed by atoms with E-state index in [1.165, 1.54) is 0 Å². The molecular formula is C12H16N2O3. The van der Waals surface area contributed by atoms with Gasteiger partial charge in [-0.15, -0.1) is 0 Å². The number of nitrogens with two attached hydrogens (primary N) is 1. The molecule has 92 valence electrons. The number of morpholine rings is 1. The third kappa shape index (κ3) is 2.95. The molecule has 1 amide bonds. The van der Waals surface area contributed by atoms with Crippen LogP contribution in [0, 0.1) is 0 Å². The number of nitrogens with zero attached hydrogens (tertiary/aromatic N) is 1. The first-order valence-electron chi connectivity index (χ1n) is 5.62. The van der Waals surface area contributed by atoms with Crippen molar-refractivity contribution in [3.63, 3.8) is 0 Å². The van der Waals surface area contributed by atoms with E-state index in [0.717, 1.165) is 11.4 Å². The summed E-state index contributed by atoms with van der Waals surface area (Å²) in [5, 5.41) is 0. The van der Waals surface area contributed by atoms with Gasteiger partial charge in [0.25, 0.3) is 5.91 Å². The van der Waals surface area contributed by atoms with Crippen LogP contribution >= 0.6 is 0 Å². The van der Waals surface area contributed by atoms with Crippen molar-refractivity contribution in [1.82, 2.24) is 0 Å². The average Bonchev–Trinajstić information content (AvgIpc) is 2.37. The van der Waals surface area contributed by atoms with Crippen LogP contribution < -0.4 is 15.4 Å². The van der Waals surface area contributed by atoms with E-state index in [9.17, 15) is 4.79 Å². The van der Waals surface area contributed by atoms with Gasteiger partial charge in [-0.3, -0.25) is 4.79 Å². The molecule has 1 fully saturated rings. The van der Waals surface area contributed by atoms with Crippen molar-refractivity contribution in [3.8, 4) is 5.75 Å². The molecule has 0 saturated carbocycles. The molecule has 0 atom stereocenters. The monoisotopic (exact) mass is 236 g/mol. The average molecular weight is 236 g/mol. The van der Waals surface area contributed by atoms with Gasteiger partial charge in [0.05, 0.1) is 6.61 Å². The molecule has 5 nitrogen and oxygen atoms in total. The third-order valence-corrected chi connectivity index (χ3v) is 2.50. The number of hydrogen-bond donors (Lipinski definition) is 1. The van der Waals surface area contributed by atoms with Gasteiger partial charge in [0.2, 0.25) is 0 Å². The minimum atomic E-state index is -0.0211. The number of ether oxygens (including phenoxy) is 2. The highest BCUT2D eigenvalue weighted by molar-refractivity contribution is 5.95. The third-order valence-electron chi connectivity index (χ3n) is 2.50. The molecule has 2 rings (SSSR count). The zero-order chi connectivity index (χ0) is 12.1. The molecule has 0 aromatic heterocycles. The molecule has 0 radical (unpaired) electrons. The van der Waals surface area contributed by atoms with Crippen molar-refractivity contribution in [1.29, 1.82) is 0 Å². The normalized spacial score (nSPS) is 16.1. The first kappa shape index (κ1) is 11.9. The number of amides is 1. The molecule has 1 aromatic rings. The summed E-state index contributed by atoms with van der Waals surface area (Å²) in [5.74, 6) is 0.708. The van der Waals surface area contributed by atoms with Crippen molar-refractivity contribution < 1.29 is 14.3 Å². The van der Waals surface area contributed by atoms with Gasteiger partial charge < -0.3 is 20.1 Å². The summed E-state index contributed by atoms with van der Waals surface area (Å²) in [6.07, 6.45) is 0. The van der Waals surface area contributed by atoms with Crippen molar-refractivity contribution in [2.75, 3.05) is 37.8 Å². The summed E-state index contributed by atoms with van der Waals surface area (Å²) in [6.45, 7) is 2.24. The second-order valence-electron chi connectivity index (χ2n) is 3.73. The zero-order valence-electron chi connectivity index (χ0n) is 9.59. The lowest BCUT2D eigenvalue weighted by Crippen LogP contribution is -2.41. The summed E-state index contributed by atoms with van der Waals surface area (Å²) in [5.41, 5.74) is 6.21. The lowest BCUT2D eigenvalue weighted by atomic mass is 10.2. The Hall–Kier alpha value is -1.59. The van der Waals surface area contributed by atoms with Crippen LogP contribution in [-0.4, -0.2) is 38.8 Å². The predicted molar refractivity (Wildman–Crippen MR) is 64.2 cm³/mol. The van der Waals surface area contributed by atoms with Gasteiger partial charge >= 0.3 is 0 Å². The molecule has 2 N–H and O–H groups in total. The van der Waals surface area contributed by atoms with Gasteiger partial charge in [0.1, 0.15) is 19.0 Å². The number of carbonyl (C=O) groups is 1. The molecule has 1 aromatic carbocycles. The topological polar surface area (TPSA) is 64.8 Å². The first-order chi connectivity index (χ1) is 8.31. The predicted octanol–water partition coefficient (Wildman–Crippen LogP) is 0.387. The Bertz CT molecular complexity index is 395. The highest BCUT2D eigenvalue weighted by Gasteiger charge is 2.20. The second kappa shape index (κ2) is 5.65. The van der Waals surface area contributed by atoms with Crippen molar-refractivity contribution >= 4 is 11.6 Å². The van der Waals surface area contributed by atoms with Crippen LogP contribution in [0.2, 0.25) is 0 Å². The smallest absolute Gasteiger partial charge is 0.253 e. The lowest BCUT2D eigenvalue weighted by Gasteiger charge is -2.27. The fraction of sp³-hybridized carbons (Fsp3) is 0.417. The van der Waals surface area contributed by atoms with Gasteiger partial charge in [-0.2, -0.15) is 0 Å². The second-order valence-corrected chi connectivity index (χ2v) is 3.73. The summed E-state index contributed by atoms with van der Waals surface area (Å²) in [7, 11) is 0. The highest BCUT2D eigenvalue weighted by Crippen LogP contribution is 2.22. The number of hydrogen-bond acceptors (Lipinski definition) is 4. The molecule has 1 aliphatic rings. The van der Waals surface area contributed by atoms with E-state index in [-0.39, 0.29) is 12.5 Å². The minimum absolute atomic E-state index is 0.0211. The molecule has 0 aliphatic carbocycles. The number of carbonyl (C=O) groups excluding carboxylic acids is 1. The van der Waals surface area contributed by atoms with Crippen molar-refractivity contribution in [3.05, 3.63) is 24.3 Å². The van der Waals surface area contributed by atoms with Crippen LogP contribution in [0.1, 0.15) is 0 Å². The molecule has 0 spiro atoms. The van der Waals surface area contributed by atoms with Gasteiger partial charge in [0, 0.05) is 24.8 Å². The van der Waals surface area contributed by atoms with Gasteiger partial charge in [-0.05, 0) is 12.1 Å². The molecule has 0 bridgehead atoms. The summed E-state index contributed by atoms with van der Waals surface area (Å²) >= 11 is 0. The van der Waals surface area contributed by atoms with Crippen LogP contribution in [0.25, 0.3) is 0 Å². The van der Waals surface area contributed by atoms with E-state index in [2.05, 4.69) is 0 Å². The van der Waals surface area contributed by atoms with Gasteiger partial charge in [-0.1, -0.05) is 6.07 Å². The maximum Gasteiger partial charge on any atom is 0.253 e. The maximum atomic E-state index is 11.7. The highest BCUT2D eigenvalue weighted by atomic mass is 16.5. The van der Waals surface area contributed by atoms with E-state index in [1.54, 1.807) is 4.90 Å². The fourth-order valence-electron chi connectivity index (χ4n) is 1.71. The van der Waals surface area contributed by atoms with E-state index in [0.29, 0.717) is 26.3 Å². The van der Waals surface area contributed by atoms with Crippen molar-refractivity contribution in [2.24, 2.45) is 5.73 Å². The van der Waals surface area contributed by atoms with Gasteiger partial charge in [0.15, 0.2) is 0 Å². The Labute approximate surface area is 100 Å². The van der Waals surface area contributed by atoms with Crippen LogP contribution in [-0.2, 0) is 9.53 Å². The number of rotatable bonds is 4. The lowest BCUT2D eigenvalue weighted by molar-refractivity contribution is -0.125. The molecule has 17 heavy (non-hydrogen) atoms. The Morgan fingerprint density at radius 2 is 2.35 bits per heavy atom. The molecule has 1 aliphatic heterocycles.